The average molecular weight is 397 g/mol. The molecule has 0 fully saturated rings. The molecule has 0 spiro atoms. The summed E-state index contributed by atoms with van der Waals surface area (Å²) in [5, 5.41) is 11.7. The van der Waals surface area contributed by atoms with Crippen LogP contribution in [0.4, 0.5) is 5.69 Å². The summed E-state index contributed by atoms with van der Waals surface area (Å²) in [7, 11) is -4.29. The van der Waals surface area contributed by atoms with Gasteiger partial charge in [-0.1, -0.05) is 41.9 Å². The number of hydrogen-bond donors (Lipinski definition) is 3. The number of sulfonamides is 1. The molecule has 1 aliphatic rings. The fraction of sp³-hybridized carbons (Fsp3) is 0.125. The molecule has 0 saturated carbocycles. The normalized spacial score (nSPS) is 14.7. The lowest BCUT2D eigenvalue weighted by Gasteiger charge is -2.20. The van der Waals surface area contributed by atoms with Crippen LogP contribution < -0.4 is 14.8 Å². The van der Waals surface area contributed by atoms with Crippen molar-refractivity contribution in [2.24, 2.45) is 0 Å². The van der Waals surface area contributed by atoms with Gasteiger partial charge < -0.3 is 15.2 Å². The highest BCUT2D eigenvalue weighted by atomic mass is 35.5. The Balaban J connectivity index is 1.97. The van der Waals surface area contributed by atoms with E-state index in [1.807, 2.05) is 0 Å². The van der Waals surface area contributed by atoms with Crippen molar-refractivity contribution in [1.82, 2.24) is 4.72 Å². The van der Waals surface area contributed by atoms with Gasteiger partial charge in [0.15, 0.2) is 6.61 Å². The molecule has 10 heteroatoms. The summed E-state index contributed by atoms with van der Waals surface area (Å²) < 4.78 is 32.7. The number of rotatable bonds is 5. The van der Waals surface area contributed by atoms with Gasteiger partial charge in [0.1, 0.15) is 16.7 Å². The van der Waals surface area contributed by atoms with Crippen LogP contribution in [-0.2, 0) is 19.6 Å². The molecule has 1 unspecified atom stereocenters. The Kier molecular flexibility index (Phi) is 4.86. The smallest absolute Gasteiger partial charge is 0.326 e. The fourth-order valence-corrected chi connectivity index (χ4v) is 4.13. The van der Waals surface area contributed by atoms with E-state index in [1.54, 1.807) is 18.2 Å². The molecule has 0 aromatic heterocycles. The van der Waals surface area contributed by atoms with Crippen molar-refractivity contribution in [2.75, 3.05) is 11.9 Å². The van der Waals surface area contributed by atoms with Crippen molar-refractivity contribution in [1.29, 1.82) is 0 Å². The first-order valence-electron chi connectivity index (χ1n) is 7.34. The lowest BCUT2D eigenvalue weighted by atomic mass is 10.1. The number of benzene rings is 2. The van der Waals surface area contributed by atoms with Crippen molar-refractivity contribution >= 4 is 39.2 Å². The van der Waals surface area contributed by atoms with Crippen LogP contribution in [0.1, 0.15) is 11.6 Å². The third-order valence-corrected chi connectivity index (χ3v) is 5.50. The van der Waals surface area contributed by atoms with Crippen LogP contribution in [0.5, 0.6) is 5.75 Å². The topological polar surface area (TPSA) is 122 Å². The Bertz CT molecular complexity index is 978. The summed E-state index contributed by atoms with van der Waals surface area (Å²) in [6.07, 6.45) is 0. The van der Waals surface area contributed by atoms with Crippen LogP contribution in [0.15, 0.2) is 47.4 Å². The van der Waals surface area contributed by atoms with E-state index in [-0.39, 0.29) is 33.5 Å². The first kappa shape index (κ1) is 18.2. The Morgan fingerprint density at radius 2 is 1.96 bits per heavy atom. The fourth-order valence-electron chi connectivity index (χ4n) is 2.41. The number of ether oxygens (including phenoxy) is 1. The van der Waals surface area contributed by atoms with Gasteiger partial charge in [0.2, 0.25) is 10.0 Å². The molecule has 0 bridgehead atoms. The standard InChI is InChI=1S/C16H13ClN2O6S/c17-10-6-11-12(25-8-14(20)18-11)7-13(10)26(23,24)19-15(16(21)22)9-4-2-1-3-5-9/h1-7,15,19H,8H2,(H,18,20)(H,21,22). The zero-order valence-electron chi connectivity index (χ0n) is 13.1. The summed E-state index contributed by atoms with van der Waals surface area (Å²) in [5.74, 6) is -1.63. The molecular weight excluding hydrogens is 384 g/mol. The molecule has 2 aromatic rings. The number of hydrogen-bond acceptors (Lipinski definition) is 5. The largest absolute Gasteiger partial charge is 0.482 e. The number of carbonyl (C=O) groups excluding carboxylic acids is 1. The van der Waals surface area contributed by atoms with Crippen LogP contribution in [-0.4, -0.2) is 32.0 Å². The Morgan fingerprint density at radius 3 is 2.62 bits per heavy atom. The monoisotopic (exact) mass is 396 g/mol. The zero-order chi connectivity index (χ0) is 18.9. The van der Waals surface area contributed by atoms with Crippen molar-refractivity contribution in [3.8, 4) is 5.75 Å². The number of nitrogens with one attached hydrogen (secondary N) is 2. The molecule has 136 valence electrons. The molecule has 1 atom stereocenters. The number of carboxylic acid groups (broad SMARTS) is 1. The number of halogens is 1. The summed E-state index contributed by atoms with van der Waals surface area (Å²) in [6.45, 7) is -0.261. The Labute approximate surface area is 153 Å². The van der Waals surface area contributed by atoms with Gasteiger partial charge in [-0.25, -0.2) is 8.42 Å². The minimum Gasteiger partial charge on any atom is -0.482 e. The van der Waals surface area contributed by atoms with Gasteiger partial charge in [0.05, 0.1) is 10.7 Å². The third-order valence-electron chi connectivity index (χ3n) is 3.61. The minimum atomic E-state index is -4.29. The van der Waals surface area contributed by atoms with E-state index in [9.17, 15) is 23.1 Å². The minimum absolute atomic E-state index is 0.126. The van der Waals surface area contributed by atoms with Gasteiger partial charge in [-0.3, -0.25) is 9.59 Å². The summed E-state index contributed by atoms with van der Waals surface area (Å²) >= 11 is 6.03. The van der Waals surface area contributed by atoms with Gasteiger partial charge in [0.25, 0.3) is 5.91 Å². The number of amides is 1. The molecule has 0 radical (unpaired) electrons. The van der Waals surface area contributed by atoms with Crippen molar-refractivity contribution < 1.29 is 27.9 Å². The highest BCUT2D eigenvalue weighted by Crippen LogP contribution is 2.36. The van der Waals surface area contributed by atoms with Gasteiger partial charge in [-0.15, -0.1) is 0 Å². The van der Waals surface area contributed by atoms with Crippen LogP contribution in [0.3, 0.4) is 0 Å². The maximum atomic E-state index is 12.7. The first-order valence-corrected chi connectivity index (χ1v) is 9.20. The van der Waals surface area contributed by atoms with Gasteiger partial charge in [0, 0.05) is 6.07 Å². The van der Waals surface area contributed by atoms with Gasteiger partial charge >= 0.3 is 5.97 Å². The van der Waals surface area contributed by atoms with Gasteiger partial charge in [-0.2, -0.15) is 4.72 Å². The first-order chi connectivity index (χ1) is 12.3. The maximum absolute atomic E-state index is 12.7. The lowest BCUT2D eigenvalue weighted by Crippen LogP contribution is -2.34. The quantitative estimate of drug-likeness (QED) is 0.708. The van der Waals surface area contributed by atoms with E-state index in [4.69, 9.17) is 16.3 Å². The molecule has 1 amide bonds. The number of fused-ring (bicyclic) bond motifs is 1. The molecular formula is C16H13ClN2O6S. The van der Waals surface area contributed by atoms with E-state index < -0.39 is 27.9 Å². The summed E-state index contributed by atoms with van der Waals surface area (Å²) in [4.78, 5) is 22.5. The molecule has 0 saturated heterocycles. The SMILES string of the molecule is O=C1COc2cc(S(=O)(=O)NC(C(=O)O)c3ccccc3)c(Cl)cc2N1. The molecule has 26 heavy (non-hydrogen) atoms. The molecule has 2 aromatic carbocycles. The number of anilines is 1. The van der Waals surface area contributed by atoms with Gasteiger partial charge in [-0.05, 0) is 11.6 Å². The van der Waals surface area contributed by atoms with E-state index in [2.05, 4.69) is 10.0 Å². The summed E-state index contributed by atoms with van der Waals surface area (Å²) in [6, 6.07) is 8.76. The lowest BCUT2D eigenvalue weighted by molar-refractivity contribution is -0.139. The van der Waals surface area contributed by atoms with Crippen LogP contribution in [0.2, 0.25) is 5.02 Å². The number of carbonyl (C=O) groups is 2. The third kappa shape index (κ3) is 3.64. The van der Waals surface area contributed by atoms with Crippen LogP contribution in [0.25, 0.3) is 0 Å². The Hall–Kier alpha value is -2.62. The Morgan fingerprint density at radius 1 is 1.27 bits per heavy atom. The van der Waals surface area contributed by atoms with Crippen LogP contribution >= 0.6 is 11.6 Å². The molecule has 0 aliphatic carbocycles. The number of aliphatic carboxylic acids is 1. The maximum Gasteiger partial charge on any atom is 0.326 e. The predicted octanol–water partition coefficient (Wildman–Crippen LogP) is 1.78. The highest BCUT2D eigenvalue weighted by molar-refractivity contribution is 7.89. The van der Waals surface area contributed by atoms with E-state index in [1.165, 1.54) is 18.2 Å². The number of carboxylic acids is 1. The average Bonchev–Trinajstić information content (AvgIpc) is 2.59. The van der Waals surface area contributed by atoms with E-state index in [0.717, 1.165) is 6.07 Å². The molecule has 8 nitrogen and oxygen atoms in total. The van der Waals surface area contributed by atoms with Crippen molar-refractivity contribution in [3.05, 3.63) is 53.1 Å². The second kappa shape index (κ2) is 6.94. The van der Waals surface area contributed by atoms with Crippen molar-refractivity contribution in [3.63, 3.8) is 0 Å². The summed E-state index contributed by atoms with van der Waals surface area (Å²) in [5.41, 5.74) is 0.504. The van der Waals surface area contributed by atoms with E-state index >= 15 is 0 Å². The van der Waals surface area contributed by atoms with Crippen molar-refractivity contribution in [2.45, 2.75) is 10.9 Å². The second-order valence-corrected chi connectivity index (χ2v) is 7.51. The molecule has 1 aliphatic heterocycles. The molecule has 3 N–H and O–H groups in total. The highest BCUT2D eigenvalue weighted by Gasteiger charge is 2.30. The molecule has 1 heterocycles. The predicted molar refractivity (Wildman–Crippen MR) is 92.7 cm³/mol. The second-order valence-electron chi connectivity index (χ2n) is 5.42. The zero-order valence-corrected chi connectivity index (χ0v) is 14.7. The molecule has 3 rings (SSSR count). The van der Waals surface area contributed by atoms with Crippen LogP contribution in [0, 0.1) is 0 Å². The van der Waals surface area contributed by atoms with E-state index in [0.29, 0.717) is 0 Å².